The first-order valence-corrected chi connectivity index (χ1v) is 8.53. The highest BCUT2D eigenvalue weighted by Crippen LogP contribution is 2.26. The summed E-state index contributed by atoms with van der Waals surface area (Å²) in [5, 5.41) is 0. The molecule has 1 aromatic carbocycles. The lowest BCUT2D eigenvalue weighted by Gasteiger charge is -2.11. The maximum absolute atomic E-state index is 12.2. The van der Waals surface area contributed by atoms with Crippen LogP contribution < -0.4 is 0 Å². The van der Waals surface area contributed by atoms with Crippen molar-refractivity contribution in [3.05, 3.63) is 35.4 Å². The molecule has 1 unspecified atom stereocenters. The second kappa shape index (κ2) is 8.33. The molecule has 1 aliphatic heterocycles. The van der Waals surface area contributed by atoms with E-state index in [1.54, 1.807) is 0 Å². The lowest BCUT2D eigenvalue weighted by atomic mass is 10.0. The Hall–Kier alpha value is -1.35. The molecule has 1 saturated heterocycles. The second-order valence-corrected chi connectivity index (χ2v) is 6.49. The van der Waals surface area contributed by atoms with Gasteiger partial charge in [0.25, 0.3) is 0 Å². The van der Waals surface area contributed by atoms with Crippen LogP contribution in [-0.4, -0.2) is 24.8 Å². The third kappa shape index (κ3) is 5.45. The van der Waals surface area contributed by atoms with Gasteiger partial charge in [-0.2, -0.15) is 0 Å². The predicted octanol–water partition coefficient (Wildman–Crippen LogP) is 4.54. The van der Waals surface area contributed by atoms with Gasteiger partial charge in [0.15, 0.2) is 0 Å². The van der Waals surface area contributed by atoms with Crippen LogP contribution in [0.15, 0.2) is 24.3 Å². The third-order valence-corrected chi connectivity index (χ3v) is 4.18. The summed E-state index contributed by atoms with van der Waals surface area (Å²) >= 11 is 0. The van der Waals surface area contributed by atoms with Gasteiger partial charge in [-0.15, -0.1) is 0 Å². The first kappa shape index (κ1) is 17.0. The van der Waals surface area contributed by atoms with E-state index in [0.717, 1.165) is 18.4 Å². The molecule has 1 aliphatic rings. The van der Waals surface area contributed by atoms with E-state index < -0.39 is 0 Å². The summed E-state index contributed by atoms with van der Waals surface area (Å²) in [4.78, 5) is 12.2. The summed E-state index contributed by atoms with van der Waals surface area (Å²) in [7, 11) is 0. The highest BCUT2D eigenvalue weighted by Gasteiger charge is 2.40. The van der Waals surface area contributed by atoms with Gasteiger partial charge in [0.2, 0.25) is 0 Å². The monoisotopic (exact) mass is 304 g/mol. The molecule has 0 amide bonds. The van der Waals surface area contributed by atoms with Crippen LogP contribution in [0.25, 0.3) is 0 Å². The van der Waals surface area contributed by atoms with Gasteiger partial charge in [0.1, 0.15) is 12.2 Å². The zero-order valence-corrected chi connectivity index (χ0v) is 13.9. The zero-order valence-electron chi connectivity index (χ0n) is 13.9. The van der Waals surface area contributed by atoms with Gasteiger partial charge in [0, 0.05) is 0 Å². The first-order chi connectivity index (χ1) is 10.6. The molecule has 122 valence electrons. The van der Waals surface area contributed by atoms with Crippen LogP contribution in [0.5, 0.6) is 0 Å². The number of unbranched alkanes of at least 4 members (excludes halogenated alkanes) is 5. The molecule has 0 aromatic heterocycles. The summed E-state index contributed by atoms with van der Waals surface area (Å²) in [6.45, 7) is 5.22. The fourth-order valence-electron chi connectivity index (χ4n) is 2.54. The van der Waals surface area contributed by atoms with E-state index in [4.69, 9.17) is 9.47 Å². The van der Waals surface area contributed by atoms with Crippen molar-refractivity contribution < 1.29 is 14.3 Å². The van der Waals surface area contributed by atoms with Crippen LogP contribution in [0, 0.1) is 0 Å². The molecule has 3 nitrogen and oxygen atoms in total. The van der Waals surface area contributed by atoms with Crippen molar-refractivity contribution in [2.75, 3.05) is 13.2 Å². The largest absolute Gasteiger partial charge is 0.459 e. The number of carbonyl (C=O) groups excluding carboxylic acids is 1. The average Bonchev–Trinajstić information content (AvgIpc) is 3.27. The molecule has 0 radical (unpaired) electrons. The number of esters is 1. The van der Waals surface area contributed by atoms with Crippen molar-refractivity contribution in [2.45, 2.75) is 64.4 Å². The van der Waals surface area contributed by atoms with Gasteiger partial charge in [-0.05, 0) is 31.4 Å². The van der Waals surface area contributed by atoms with Crippen LogP contribution in [-0.2, 0) is 15.9 Å². The highest BCUT2D eigenvalue weighted by atomic mass is 16.6. The Morgan fingerprint density at radius 2 is 1.86 bits per heavy atom. The van der Waals surface area contributed by atoms with Crippen LogP contribution in [0.3, 0.4) is 0 Å². The van der Waals surface area contributed by atoms with Gasteiger partial charge in [-0.3, -0.25) is 0 Å². The number of aryl methyl sites for hydroxylation is 1. The van der Waals surface area contributed by atoms with E-state index in [1.165, 1.54) is 32.1 Å². The quantitative estimate of drug-likeness (QED) is 0.362. The van der Waals surface area contributed by atoms with E-state index in [0.29, 0.717) is 18.8 Å². The number of epoxide rings is 1. The minimum Gasteiger partial charge on any atom is -0.459 e. The Bertz CT molecular complexity index is 477. The SMILES string of the molecule is CCCCCCCCc1ccccc1C(=O)OCC1(C)CO1. The van der Waals surface area contributed by atoms with Crippen molar-refractivity contribution in [1.29, 1.82) is 0 Å². The van der Waals surface area contributed by atoms with Crippen LogP contribution in [0.2, 0.25) is 0 Å². The number of hydrogen-bond donors (Lipinski definition) is 0. The summed E-state index contributed by atoms with van der Waals surface area (Å²) < 4.78 is 10.6. The molecule has 2 rings (SSSR count). The lowest BCUT2D eigenvalue weighted by Crippen LogP contribution is -2.19. The third-order valence-electron chi connectivity index (χ3n) is 4.18. The van der Waals surface area contributed by atoms with Crippen molar-refractivity contribution in [3.63, 3.8) is 0 Å². The van der Waals surface area contributed by atoms with Crippen LogP contribution in [0.4, 0.5) is 0 Å². The van der Waals surface area contributed by atoms with Gasteiger partial charge >= 0.3 is 5.97 Å². The molecular formula is C19H28O3. The molecule has 0 N–H and O–H groups in total. The van der Waals surface area contributed by atoms with Gasteiger partial charge in [-0.25, -0.2) is 4.79 Å². The molecular weight excluding hydrogens is 276 g/mol. The van der Waals surface area contributed by atoms with Gasteiger partial charge in [-0.1, -0.05) is 57.2 Å². The molecule has 3 heteroatoms. The second-order valence-electron chi connectivity index (χ2n) is 6.49. The Kier molecular flexibility index (Phi) is 6.44. The molecule has 1 heterocycles. The summed E-state index contributed by atoms with van der Waals surface area (Å²) in [5.41, 5.74) is 1.56. The van der Waals surface area contributed by atoms with Crippen LogP contribution in [0.1, 0.15) is 68.3 Å². The number of ether oxygens (including phenoxy) is 2. The van der Waals surface area contributed by atoms with Crippen molar-refractivity contribution in [3.8, 4) is 0 Å². The van der Waals surface area contributed by atoms with E-state index in [1.807, 2.05) is 31.2 Å². The van der Waals surface area contributed by atoms with E-state index in [2.05, 4.69) is 6.92 Å². The maximum Gasteiger partial charge on any atom is 0.338 e. The van der Waals surface area contributed by atoms with Crippen molar-refractivity contribution in [2.24, 2.45) is 0 Å². The molecule has 1 fully saturated rings. The lowest BCUT2D eigenvalue weighted by molar-refractivity contribution is 0.0409. The molecule has 22 heavy (non-hydrogen) atoms. The highest BCUT2D eigenvalue weighted by molar-refractivity contribution is 5.91. The normalized spacial score (nSPS) is 19.9. The summed E-state index contributed by atoms with van der Waals surface area (Å²) in [5.74, 6) is -0.224. The number of rotatable bonds is 10. The number of benzene rings is 1. The summed E-state index contributed by atoms with van der Waals surface area (Å²) in [6, 6.07) is 7.80. The van der Waals surface area contributed by atoms with Crippen molar-refractivity contribution >= 4 is 5.97 Å². The molecule has 1 atom stereocenters. The smallest absolute Gasteiger partial charge is 0.338 e. The zero-order chi connectivity index (χ0) is 15.8. The Morgan fingerprint density at radius 1 is 1.18 bits per heavy atom. The van der Waals surface area contributed by atoms with Crippen LogP contribution >= 0.6 is 0 Å². The molecule has 1 aromatic rings. The number of carbonyl (C=O) groups is 1. The predicted molar refractivity (Wildman–Crippen MR) is 88.2 cm³/mol. The van der Waals surface area contributed by atoms with E-state index in [9.17, 15) is 4.79 Å². The maximum atomic E-state index is 12.2. The molecule has 0 bridgehead atoms. The number of hydrogen-bond acceptors (Lipinski definition) is 3. The van der Waals surface area contributed by atoms with Gasteiger partial charge < -0.3 is 9.47 Å². The van der Waals surface area contributed by atoms with E-state index in [-0.39, 0.29) is 11.6 Å². The molecule has 0 spiro atoms. The van der Waals surface area contributed by atoms with E-state index >= 15 is 0 Å². The molecule has 0 aliphatic carbocycles. The fraction of sp³-hybridized carbons (Fsp3) is 0.632. The minimum atomic E-state index is -0.246. The Balaban J connectivity index is 1.79. The van der Waals surface area contributed by atoms with Crippen molar-refractivity contribution in [1.82, 2.24) is 0 Å². The molecule has 0 saturated carbocycles. The topological polar surface area (TPSA) is 38.8 Å². The minimum absolute atomic E-state index is 0.224. The van der Waals surface area contributed by atoms with Gasteiger partial charge in [0.05, 0.1) is 12.2 Å². The first-order valence-electron chi connectivity index (χ1n) is 8.53. The Morgan fingerprint density at radius 3 is 2.59 bits per heavy atom. The Labute approximate surface area is 134 Å². The summed E-state index contributed by atoms with van der Waals surface area (Å²) in [6.07, 6.45) is 8.52. The standard InChI is InChI=1S/C19H28O3/c1-3-4-5-6-7-8-11-16-12-9-10-13-17(16)18(20)21-14-19(2)15-22-19/h9-10,12-13H,3-8,11,14-15H2,1-2H3. The average molecular weight is 304 g/mol. The fourth-order valence-corrected chi connectivity index (χ4v) is 2.54.